The summed E-state index contributed by atoms with van der Waals surface area (Å²) in [5.74, 6) is 0.778. The molecule has 3 rings (SSSR count). The maximum Gasteiger partial charge on any atom is 0.173 e. The molecule has 0 aromatic heterocycles. The third-order valence-corrected chi connectivity index (χ3v) is 7.24. The number of nitriles is 1. The van der Waals surface area contributed by atoms with Crippen LogP contribution in [0.2, 0.25) is 5.02 Å². The molecule has 0 radical (unpaired) electrons. The fourth-order valence-corrected chi connectivity index (χ4v) is 5.10. The Morgan fingerprint density at radius 1 is 1.25 bits per heavy atom. The number of halogens is 1. The summed E-state index contributed by atoms with van der Waals surface area (Å²) in [5.41, 5.74) is 2.22. The van der Waals surface area contributed by atoms with Crippen LogP contribution in [0.3, 0.4) is 0 Å². The number of thioether (sulfide) groups is 2. The summed E-state index contributed by atoms with van der Waals surface area (Å²) in [4.78, 5) is 2.26. The standard InChI is InChI=1S/C19H17ClN2S2/c1-23-19(13-21)18(12-7-15-5-3-2-4-6-15)22(14-24-19)17-10-8-16(20)9-11-17/h2-12,18H,14H2,1H3/b12-7+/t18-,19+/m1/s1. The highest BCUT2D eigenvalue weighted by atomic mass is 35.5. The molecule has 2 nitrogen and oxygen atoms in total. The first-order valence-electron chi connectivity index (χ1n) is 7.54. The van der Waals surface area contributed by atoms with E-state index in [4.69, 9.17) is 11.6 Å². The van der Waals surface area contributed by atoms with Crippen molar-refractivity contribution in [2.24, 2.45) is 0 Å². The third-order valence-electron chi connectivity index (χ3n) is 4.03. The van der Waals surface area contributed by atoms with Gasteiger partial charge in [0.1, 0.15) is 0 Å². The van der Waals surface area contributed by atoms with E-state index in [1.54, 1.807) is 23.5 Å². The molecule has 122 valence electrons. The summed E-state index contributed by atoms with van der Waals surface area (Å²) in [7, 11) is 0. The lowest BCUT2D eigenvalue weighted by Gasteiger charge is -2.30. The van der Waals surface area contributed by atoms with Gasteiger partial charge in [0.05, 0.1) is 18.0 Å². The molecule has 2 atom stereocenters. The van der Waals surface area contributed by atoms with Crippen LogP contribution in [0.5, 0.6) is 0 Å². The van der Waals surface area contributed by atoms with Gasteiger partial charge in [-0.05, 0) is 36.1 Å². The van der Waals surface area contributed by atoms with Gasteiger partial charge in [-0.25, -0.2) is 0 Å². The van der Waals surface area contributed by atoms with Crippen molar-refractivity contribution in [1.82, 2.24) is 0 Å². The summed E-state index contributed by atoms with van der Waals surface area (Å²) < 4.78 is -0.509. The fourth-order valence-electron chi connectivity index (χ4n) is 2.72. The van der Waals surface area contributed by atoms with Crippen LogP contribution in [0, 0.1) is 11.3 Å². The van der Waals surface area contributed by atoms with Crippen molar-refractivity contribution in [2.45, 2.75) is 10.1 Å². The number of hydrogen-bond donors (Lipinski definition) is 0. The van der Waals surface area contributed by atoms with Crippen molar-refractivity contribution in [3.63, 3.8) is 0 Å². The molecule has 1 aliphatic rings. The lowest BCUT2D eigenvalue weighted by Crippen LogP contribution is -2.39. The van der Waals surface area contributed by atoms with Crippen molar-refractivity contribution in [3.8, 4) is 6.07 Å². The van der Waals surface area contributed by atoms with E-state index in [1.165, 1.54) is 0 Å². The van der Waals surface area contributed by atoms with E-state index >= 15 is 0 Å². The summed E-state index contributed by atoms with van der Waals surface area (Å²) >= 11 is 9.30. The van der Waals surface area contributed by atoms with Crippen LogP contribution in [-0.2, 0) is 0 Å². The second kappa shape index (κ2) is 7.57. The number of hydrogen-bond acceptors (Lipinski definition) is 4. The van der Waals surface area contributed by atoms with Crippen molar-refractivity contribution in [2.75, 3.05) is 17.0 Å². The van der Waals surface area contributed by atoms with E-state index in [1.807, 2.05) is 48.7 Å². The number of rotatable bonds is 4. The van der Waals surface area contributed by atoms with Crippen LogP contribution in [0.15, 0.2) is 60.7 Å². The van der Waals surface area contributed by atoms with Crippen LogP contribution < -0.4 is 4.90 Å². The zero-order valence-corrected chi connectivity index (χ0v) is 15.6. The van der Waals surface area contributed by atoms with Crippen LogP contribution in [0.4, 0.5) is 5.69 Å². The SMILES string of the molecule is CS[C@@]1(C#N)SCN(c2ccc(Cl)cc2)[C@@H]1/C=C/c1ccccc1. The van der Waals surface area contributed by atoms with E-state index in [2.05, 4.69) is 35.3 Å². The molecule has 1 heterocycles. The van der Waals surface area contributed by atoms with Gasteiger partial charge in [0.25, 0.3) is 0 Å². The second-order valence-electron chi connectivity index (χ2n) is 5.42. The fraction of sp³-hybridized carbons (Fsp3) is 0.211. The van der Waals surface area contributed by atoms with Crippen LogP contribution in [-0.4, -0.2) is 22.3 Å². The Labute approximate surface area is 156 Å². The van der Waals surface area contributed by atoms with E-state index < -0.39 is 4.08 Å². The highest BCUT2D eigenvalue weighted by Crippen LogP contribution is 2.48. The highest BCUT2D eigenvalue weighted by Gasteiger charge is 2.47. The molecule has 1 aliphatic heterocycles. The molecule has 0 spiro atoms. The van der Waals surface area contributed by atoms with Gasteiger partial charge >= 0.3 is 0 Å². The summed E-state index contributed by atoms with van der Waals surface area (Å²) in [6.45, 7) is 0. The summed E-state index contributed by atoms with van der Waals surface area (Å²) in [6, 6.07) is 20.5. The molecular formula is C19H17ClN2S2. The van der Waals surface area contributed by atoms with Crippen molar-refractivity contribution < 1.29 is 0 Å². The first-order chi connectivity index (χ1) is 11.7. The van der Waals surface area contributed by atoms with E-state index in [0.29, 0.717) is 0 Å². The molecule has 5 heteroatoms. The highest BCUT2D eigenvalue weighted by molar-refractivity contribution is 8.18. The Morgan fingerprint density at radius 2 is 1.96 bits per heavy atom. The Hall–Kier alpha value is -1.54. The Balaban J connectivity index is 1.95. The van der Waals surface area contributed by atoms with E-state index in [0.717, 1.165) is 22.2 Å². The van der Waals surface area contributed by atoms with Crippen LogP contribution >= 0.6 is 35.1 Å². The summed E-state index contributed by atoms with van der Waals surface area (Å²) in [5, 5.41) is 10.5. The van der Waals surface area contributed by atoms with Gasteiger partial charge < -0.3 is 4.90 Å². The zero-order valence-electron chi connectivity index (χ0n) is 13.2. The lowest BCUT2D eigenvalue weighted by atomic mass is 10.1. The van der Waals surface area contributed by atoms with Gasteiger partial charge in [-0.1, -0.05) is 54.1 Å². The molecule has 0 aliphatic carbocycles. The minimum Gasteiger partial charge on any atom is -0.352 e. The first kappa shape index (κ1) is 17.3. The number of nitrogens with zero attached hydrogens (tertiary/aromatic N) is 2. The molecule has 0 unspecified atom stereocenters. The normalized spacial score (nSPS) is 23.5. The predicted octanol–water partition coefficient (Wildman–Crippen LogP) is 5.52. The molecule has 0 bridgehead atoms. The average molecular weight is 373 g/mol. The zero-order chi connectivity index (χ0) is 17.0. The summed E-state index contributed by atoms with van der Waals surface area (Å²) in [6.07, 6.45) is 6.25. The first-order valence-corrected chi connectivity index (χ1v) is 10.1. The third kappa shape index (κ3) is 3.44. The minimum atomic E-state index is -0.509. The Bertz CT molecular complexity index is 755. The van der Waals surface area contributed by atoms with Crippen LogP contribution in [0.1, 0.15) is 5.56 Å². The molecule has 0 amide bonds. The lowest BCUT2D eigenvalue weighted by molar-refractivity contribution is 0.777. The van der Waals surface area contributed by atoms with Crippen molar-refractivity contribution in [1.29, 1.82) is 5.26 Å². The Morgan fingerprint density at radius 3 is 2.58 bits per heavy atom. The predicted molar refractivity (Wildman–Crippen MR) is 108 cm³/mol. The molecule has 2 aromatic carbocycles. The topological polar surface area (TPSA) is 27.0 Å². The minimum absolute atomic E-state index is 0.0103. The molecule has 24 heavy (non-hydrogen) atoms. The smallest absolute Gasteiger partial charge is 0.173 e. The van der Waals surface area contributed by atoms with Gasteiger partial charge in [0, 0.05) is 10.7 Å². The largest absolute Gasteiger partial charge is 0.352 e. The number of anilines is 1. The maximum absolute atomic E-state index is 9.82. The Kier molecular flexibility index (Phi) is 5.45. The molecular weight excluding hydrogens is 356 g/mol. The number of benzene rings is 2. The van der Waals surface area contributed by atoms with Gasteiger partial charge in [0.2, 0.25) is 0 Å². The van der Waals surface area contributed by atoms with Crippen molar-refractivity contribution >= 4 is 46.9 Å². The van der Waals surface area contributed by atoms with Gasteiger partial charge in [-0.3, -0.25) is 0 Å². The van der Waals surface area contributed by atoms with E-state index in [9.17, 15) is 5.26 Å². The molecule has 0 N–H and O–H groups in total. The second-order valence-corrected chi connectivity index (χ2v) is 8.36. The quantitative estimate of drug-likeness (QED) is 0.706. The average Bonchev–Trinajstić information content (AvgIpc) is 3.00. The molecule has 0 saturated carbocycles. The van der Waals surface area contributed by atoms with Crippen LogP contribution in [0.25, 0.3) is 6.08 Å². The maximum atomic E-state index is 9.82. The van der Waals surface area contributed by atoms with Gasteiger partial charge in [0.15, 0.2) is 4.08 Å². The van der Waals surface area contributed by atoms with Gasteiger partial charge in [-0.15, -0.1) is 23.5 Å². The monoisotopic (exact) mass is 372 g/mol. The molecule has 1 fully saturated rings. The van der Waals surface area contributed by atoms with Crippen molar-refractivity contribution in [3.05, 3.63) is 71.3 Å². The van der Waals surface area contributed by atoms with E-state index in [-0.39, 0.29) is 6.04 Å². The molecule has 2 aromatic rings. The molecule has 1 saturated heterocycles. The van der Waals surface area contributed by atoms with Gasteiger partial charge in [-0.2, -0.15) is 5.26 Å².